The van der Waals surface area contributed by atoms with Crippen LogP contribution in [0.25, 0.3) is 0 Å². The fourth-order valence-electron chi connectivity index (χ4n) is 4.93. The fraction of sp³-hybridized carbons (Fsp3) is 0.500. The first kappa shape index (κ1) is 19.5. The molecule has 0 saturated carbocycles. The zero-order valence-electron chi connectivity index (χ0n) is 16.8. The van der Waals surface area contributed by atoms with E-state index in [1.54, 1.807) is 13.8 Å². The lowest BCUT2D eigenvalue weighted by atomic mass is 9.95. The number of nitrogens with zero attached hydrogens (tertiary/aromatic N) is 2. The second-order valence-corrected chi connectivity index (χ2v) is 10.5. The van der Waals surface area contributed by atoms with Crippen molar-refractivity contribution in [3.05, 3.63) is 34.5 Å². The molecule has 0 saturated heterocycles. The highest BCUT2D eigenvalue weighted by Crippen LogP contribution is 2.42. The predicted octanol–water partition coefficient (Wildman–Crippen LogP) is 2.22. The van der Waals surface area contributed by atoms with E-state index >= 15 is 0 Å². The summed E-state index contributed by atoms with van der Waals surface area (Å²) in [6.07, 6.45) is 2.83. The summed E-state index contributed by atoms with van der Waals surface area (Å²) >= 11 is 0. The van der Waals surface area contributed by atoms with Crippen molar-refractivity contribution in [2.24, 2.45) is 5.14 Å². The molecule has 2 aromatic rings. The number of hydrogen-bond acceptors (Lipinski definition) is 5. The number of alkyl halides is 1. The molecule has 1 aromatic carbocycles. The standard InChI is InChI=1S/C20H24FN5O3S/c1-20(2)17(29-19-15(30(22,23)28)9-24-26(19)20)18(27)25-16-13-5-3-4-10(13)6-11-7-12(21)8-14(11)16/h6,9,12,17H,3-5,7-8H2,1-2H3,(H,25,27)(H3,22,23,28)/t12-,17?/m1/s1. The Morgan fingerprint density at radius 2 is 2.13 bits per heavy atom. The van der Waals surface area contributed by atoms with Crippen LogP contribution in [0.1, 0.15) is 42.5 Å². The molecule has 2 heterocycles. The molecule has 2 unspecified atom stereocenters. The molecule has 1 aliphatic heterocycles. The molecule has 3 aliphatic rings. The van der Waals surface area contributed by atoms with Gasteiger partial charge >= 0.3 is 0 Å². The SMILES string of the molecule is CC1(C)C(C(=O)Nc2c3c(cc4c2C[C@H](F)C4)CCC3)Oc2c(S(=N)(N)=O)cnn21. The van der Waals surface area contributed by atoms with Gasteiger partial charge in [-0.25, -0.2) is 23.2 Å². The summed E-state index contributed by atoms with van der Waals surface area (Å²) in [5.74, 6) is -0.301. The summed E-state index contributed by atoms with van der Waals surface area (Å²) in [7, 11) is -3.55. The van der Waals surface area contributed by atoms with E-state index in [0.717, 1.165) is 41.6 Å². The van der Waals surface area contributed by atoms with Crippen molar-refractivity contribution in [2.75, 3.05) is 5.32 Å². The maximum absolute atomic E-state index is 14.1. The number of aryl methyl sites for hydroxylation is 1. The van der Waals surface area contributed by atoms with E-state index in [4.69, 9.17) is 14.7 Å². The Morgan fingerprint density at radius 1 is 1.37 bits per heavy atom. The Morgan fingerprint density at radius 3 is 2.87 bits per heavy atom. The zero-order chi connectivity index (χ0) is 21.4. The predicted molar refractivity (Wildman–Crippen MR) is 109 cm³/mol. The minimum atomic E-state index is -3.55. The molecule has 1 amide bonds. The third kappa shape index (κ3) is 2.77. The lowest BCUT2D eigenvalue weighted by Crippen LogP contribution is -2.45. The van der Waals surface area contributed by atoms with Crippen LogP contribution in [-0.4, -0.2) is 32.2 Å². The Bertz CT molecular complexity index is 1190. The average molecular weight is 434 g/mol. The van der Waals surface area contributed by atoms with Crippen LogP contribution in [0.3, 0.4) is 0 Å². The number of fused-ring (bicyclic) bond motifs is 3. The minimum Gasteiger partial charge on any atom is -0.461 e. The van der Waals surface area contributed by atoms with Crippen molar-refractivity contribution in [1.82, 2.24) is 9.78 Å². The quantitative estimate of drug-likeness (QED) is 0.687. The lowest BCUT2D eigenvalue weighted by molar-refractivity contribution is -0.124. The molecule has 1 aromatic heterocycles. The molecule has 8 nitrogen and oxygen atoms in total. The number of nitrogens with one attached hydrogen (secondary N) is 2. The first-order chi connectivity index (χ1) is 14.1. The number of ether oxygens (including phenoxy) is 1. The summed E-state index contributed by atoms with van der Waals surface area (Å²) in [6.45, 7) is 3.56. The molecule has 30 heavy (non-hydrogen) atoms. The van der Waals surface area contributed by atoms with Crippen LogP contribution in [0, 0.1) is 4.78 Å². The third-order valence-corrected chi connectivity index (χ3v) is 7.32. The number of rotatable bonds is 3. The topological polar surface area (TPSA) is 123 Å². The smallest absolute Gasteiger partial charge is 0.268 e. The van der Waals surface area contributed by atoms with Gasteiger partial charge in [0.05, 0.1) is 6.20 Å². The fourth-order valence-corrected chi connectivity index (χ4v) is 5.53. The number of benzene rings is 1. The van der Waals surface area contributed by atoms with Gasteiger partial charge in [-0.15, -0.1) is 0 Å². The van der Waals surface area contributed by atoms with E-state index in [-0.39, 0.29) is 16.7 Å². The maximum Gasteiger partial charge on any atom is 0.268 e. The Kier molecular flexibility index (Phi) is 4.08. The van der Waals surface area contributed by atoms with Crippen molar-refractivity contribution in [1.29, 1.82) is 4.78 Å². The van der Waals surface area contributed by atoms with Crippen molar-refractivity contribution >= 4 is 21.5 Å². The number of aromatic nitrogens is 2. The molecule has 5 rings (SSSR count). The summed E-state index contributed by atoms with van der Waals surface area (Å²) < 4.78 is 41.1. The van der Waals surface area contributed by atoms with Gasteiger partial charge in [0.15, 0.2) is 0 Å². The normalized spacial score (nSPS) is 25.2. The number of nitrogens with two attached hydrogens (primary N) is 1. The lowest BCUT2D eigenvalue weighted by Gasteiger charge is -2.26. The molecule has 0 fully saturated rings. The molecule has 3 atom stereocenters. The van der Waals surface area contributed by atoms with E-state index < -0.39 is 27.7 Å². The number of halogens is 1. The summed E-state index contributed by atoms with van der Waals surface area (Å²) in [5.41, 5.74) is 3.95. The van der Waals surface area contributed by atoms with Crippen LogP contribution in [0.4, 0.5) is 10.1 Å². The summed E-state index contributed by atoms with van der Waals surface area (Å²) in [4.78, 5) is 13.3. The van der Waals surface area contributed by atoms with Crippen LogP contribution >= 0.6 is 0 Å². The van der Waals surface area contributed by atoms with Gasteiger partial charge in [-0.1, -0.05) is 6.07 Å². The van der Waals surface area contributed by atoms with Gasteiger partial charge < -0.3 is 10.1 Å². The molecule has 160 valence electrons. The van der Waals surface area contributed by atoms with Crippen molar-refractivity contribution < 1.29 is 18.1 Å². The first-order valence-electron chi connectivity index (χ1n) is 10.0. The van der Waals surface area contributed by atoms with E-state index in [1.807, 2.05) is 0 Å². The van der Waals surface area contributed by atoms with Crippen LogP contribution in [0.15, 0.2) is 17.2 Å². The molecule has 4 N–H and O–H groups in total. The van der Waals surface area contributed by atoms with Crippen LogP contribution in [0.5, 0.6) is 5.88 Å². The van der Waals surface area contributed by atoms with Gasteiger partial charge in [-0.05, 0) is 55.4 Å². The van der Waals surface area contributed by atoms with E-state index in [1.165, 1.54) is 16.4 Å². The van der Waals surface area contributed by atoms with E-state index in [9.17, 15) is 13.4 Å². The van der Waals surface area contributed by atoms with Gasteiger partial charge in [0.1, 0.15) is 26.5 Å². The van der Waals surface area contributed by atoms with Crippen molar-refractivity contribution in [3.63, 3.8) is 0 Å². The van der Waals surface area contributed by atoms with Crippen molar-refractivity contribution in [2.45, 2.75) is 68.7 Å². The second-order valence-electron chi connectivity index (χ2n) is 8.85. The monoisotopic (exact) mass is 433 g/mol. The van der Waals surface area contributed by atoms with E-state index in [0.29, 0.717) is 12.8 Å². The Hall–Kier alpha value is -2.46. The van der Waals surface area contributed by atoms with Gasteiger partial charge in [0.2, 0.25) is 12.0 Å². The number of carbonyl (C=O) groups is 1. The molecule has 0 radical (unpaired) electrons. The zero-order valence-corrected chi connectivity index (χ0v) is 17.6. The first-order valence-corrected chi connectivity index (χ1v) is 11.6. The minimum absolute atomic E-state index is 0.0346. The summed E-state index contributed by atoms with van der Waals surface area (Å²) in [5, 5.41) is 12.7. The largest absolute Gasteiger partial charge is 0.461 e. The van der Waals surface area contributed by atoms with Gasteiger partial charge in [0, 0.05) is 18.5 Å². The van der Waals surface area contributed by atoms with Gasteiger partial charge in [0.25, 0.3) is 5.91 Å². The van der Waals surface area contributed by atoms with E-state index in [2.05, 4.69) is 16.5 Å². The van der Waals surface area contributed by atoms with Crippen molar-refractivity contribution in [3.8, 4) is 5.88 Å². The number of anilines is 1. The molecule has 0 bridgehead atoms. The molecule has 10 heteroatoms. The van der Waals surface area contributed by atoms with Crippen LogP contribution in [0.2, 0.25) is 0 Å². The third-order valence-electron chi connectivity index (χ3n) is 6.39. The molecule has 2 aliphatic carbocycles. The second kappa shape index (κ2) is 6.27. The Balaban J connectivity index is 1.50. The number of amides is 1. The van der Waals surface area contributed by atoms with Crippen LogP contribution < -0.4 is 15.2 Å². The maximum atomic E-state index is 14.1. The number of carbonyl (C=O) groups excluding carboxylic acids is 1. The molecule has 0 spiro atoms. The number of hydrogen-bond donors (Lipinski definition) is 3. The average Bonchev–Trinajstić information content (AvgIpc) is 3.37. The van der Waals surface area contributed by atoms with Crippen LogP contribution in [-0.2, 0) is 45.9 Å². The molecular weight excluding hydrogens is 409 g/mol. The summed E-state index contributed by atoms with van der Waals surface area (Å²) in [6, 6.07) is 2.09. The van der Waals surface area contributed by atoms with Gasteiger partial charge in [-0.3, -0.25) is 4.79 Å². The van der Waals surface area contributed by atoms with Gasteiger partial charge in [-0.2, -0.15) is 5.10 Å². The Labute approximate surface area is 174 Å². The highest BCUT2D eigenvalue weighted by molar-refractivity contribution is 7.90. The molecular formula is C20H24FN5O3S. The highest BCUT2D eigenvalue weighted by atomic mass is 32.2. The highest BCUT2D eigenvalue weighted by Gasteiger charge is 2.49.